The van der Waals surface area contributed by atoms with E-state index in [0.29, 0.717) is 18.9 Å². The Kier molecular flexibility index (Phi) is 4.79. The maximum Gasteiger partial charge on any atom is 0.272 e. The molecule has 134 valence electrons. The second-order valence-corrected chi connectivity index (χ2v) is 6.36. The summed E-state index contributed by atoms with van der Waals surface area (Å²) >= 11 is 0. The number of amides is 1. The first-order valence-electron chi connectivity index (χ1n) is 8.76. The lowest BCUT2D eigenvalue weighted by Crippen LogP contribution is -2.30. The van der Waals surface area contributed by atoms with Crippen molar-refractivity contribution in [2.24, 2.45) is 0 Å². The quantitative estimate of drug-likeness (QED) is 0.713. The Labute approximate surface area is 151 Å². The number of aromatic nitrogens is 4. The summed E-state index contributed by atoms with van der Waals surface area (Å²) in [4.78, 5) is 16.9. The summed E-state index contributed by atoms with van der Waals surface area (Å²) in [6.07, 6.45) is 6.98. The van der Waals surface area contributed by atoms with E-state index in [1.807, 2.05) is 41.1 Å². The summed E-state index contributed by atoms with van der Waals surface area (Å²) in [5.74, 6) is -0.174. The van der Waals surface area contributed by atoms with Crippen LogP contribution in [0.1, 0.15) is 39.8 Å². The molecule has 1 aromatic carbocycles. The van der Waals surface area contributed by atoms with Gasteiger partial charge in [-0.05, 0) is 12.0 Å². The van der Waals surface area contributed by atoms with Crippen LogP contribution in [0.3, 0.4) is 0 Å². The van der Waals surface area contributed by atoms with Gasteiger partial charge in [0.25, 0.3) is 5.91 Å². The van der Waals surface area contributed by atoms with E-state index in [0.717, 1.165) is 36.2 Å². The minimum atomic E-state index is -0.174. The van der Waals surface area contributed by atoms with Crippen LogP contribution >= 0.6 is 0 Å². The summed E-state index contributed by atoms with van der Waals surface area (Å²) in [6, 6.07) is 9.89. The predicted octanol–water partition coefficient (Wildman–Crippen LogP) is 2.24. The number of benzene rings is 1. The number of H-pyrrole nitrogens is 1. The van der Waals surface area contributed by atoms with Gasteiger partial charge in [0.2, 0.25) is 0 Å². The molecule has 1 amide bonds. The largest absolute Gasteiger partial charge is 0.376 e. The van der Waals surface area contributed by atoms with Crippen molar-refractivity contribution in [3.63, 3.8) is 0 Å². The molecule has 3 heterocycles. The van der Waals surface area contributed by atoms with Crippen molar-refractivity contribution in [2.75, 3.05) is 6.61 Å². The van der Waals surface area contributed by atoms with Gasteiger partial charge < -0.3 is 14.6 Å². The van der Waals surface area contributed by atoms with E-state index in [-0.39, 0.29) is 11.9 Å². The van der Waals surface area contributed by atoms with Crippen molar-refractivity contribution < 1.29 is 9.53 Å². The number of fused-ring (bicyclic) bond motifs is 1. The summed E-state index contributed by atoms with van der Waals surface area (Å²) < 4.78 is 7.49. The van der Waals surface area contributed by atoms with Crippen LogP contribution in [0.4, 0.5) is 0 Å². The molecule has 26 heavy (non-hydrogen) atoms. The van der Waals surface area contributed by atoms with Gasteiger partial charge in [0.05, 0.1) is 25.6 Å². The lowest BCUT2D eigenvalue weighted by Gasteiger charge is -2.20. The van der Waals surface area contributed by atoms with Crippen LogP contribution in [0.15, 0.2) is 49.1 Å². The summed E-state index contributed by atoms with van der Waals surface area (Å²) in [5.41, 5.74) is 3.37. The normalized spacial score (nSPS) is 14.6. The van der Waals surface area contributed by atoms with E-state index in [9.17, 15) is 4.79 Å². The molecule has 1 atom stereocenters. The lowest BCUT2D eigenvalue weighted by molar-refractivity contribution is 0.0907. The topological polar surface area (TPSA) is 84.8 Å². The third-order valence-electron chi connectivity index (χ3n) is 4.65. The molecule has 2 N–H and O–H groups in total. The number of nitrogens with one attached hydrogen (secondary N) is 2. The van der Waals surface area contributed by atoms with Crippen LogP contribution in [0.5, 0.6) is 0 Å². The van der Waals surface area contributed by atoms with E-state index < -0.39 is 0 Å². The zero-order chi connectivity index (χ0) is 17.8. The Hall–Kier alpha value is -2.93. The second kappa shape index (κ2) is 7.53. The van der Waals surface area contributed by atoms with Gasteiger partial charge in [0.15, 0.2) is 5.69 Å². The van der Waals surface area contributed by atoms with Crippen molar-refractivity contribution in [1.29, 1.82) is 0 Å². The van der Waals surface area contributed by atoms with E-state index in [2.05, 4.69) is 20.5 Å². The molecule has 0 spiro atoms. The first-order chi connectivity index (χ1) is 12.8. The van der Waals surface area contributed by atoms with E-state index in [1.165, 1.54) is 0 Å². The minimum Gasteiger partial charge on any atom is -0.376 e. The summed E-state index contributed by atoms with van der Waals surface area (Å²) in [6.45, 7) is 1.86. The number of ether oxygens (including phenoxy) is 1. The fourth-order valence-electron chi connectivity index (χ4n) is 3.23. The molecule has 0 saturated heterocycles. The molecule has 7 nitrogen and oxygen atoms in total. The maximum atomic E-state index is 12.9. The van der Waals surface area contributed by atoms with Gasteiger partial charge in [0, 0.05) is 36.6 Å². The zero-order valence-electron chi connectivity index (χ0n) is 14.4. The SMILES string of the molecule is O=C(N[C@@H](CCn1ccnc1)c1ccccc1)c1n[nH]c2c1COCC2. The van der Waals surface area contributed by atoms with E-state index in [1.54, 1.807) is 12.5 Å². The van der Waals surface area contributed by atoms with Gasteiger partial charge in [-0.1, -0.05) is 30.3 Å². The molecule has 3 aromatic rings. The molecule has 0 unspecified atom stereocenters. The van der Waals surface area contributed by atoms with Crippen LogP contribution < -0.4 is 5.32 Å². The molecule has 0 bridgehead atoms. The standard InChI is InChI=1S/C19H21N5O2/c25-19(18-15-12-26-11-7-17(15)22-23-18)21-16(14-4-2-1-3-5-14)6-9-24-10-8-20-13-24/h1-5,8,10,13,16H,6-7,9,11-12H2,(H,21,25)(H,22,23)/t16-/m0/s1. The predicted molar refractivity (Wildman–Crippen MR) is 95.4 cm³/mol. The minimum absolute atomic E-state index is 0.108. The van der Waals surface area contributed by atoms with Crippen LogP contribution in [0.2, 0.25) is 0 Å². The van der Waals surface area contributed by atoms with Gasteiger partial charge in [-0.25, -0.2) is 4.98 Å². The Morgan fingerprint density at radius 3 is 3.04 bits per heavy atom. The van der Waals surface area contributed by atoms with Gasteiger partial charge in [-0.15, -0.1) is 0 Å². The maximum absolute atomic E-state index is 12.9. The van der Waals surface area contributed by atoms with Crippen molar-refractivity contribution in [3.05, 3.63) is 71.6 Å². The van der Waals surface area contributed by atoms with Crippen molar-refractivity contribution in [3.8, 4) is 0 Å². The van der Waals surface area contributed by atoms with Crippen molar-refractivity contribution >= 4 is 5.91 Å². The van der Waals surface area contributed by atoms with Gasteiger partial charge in [0.1, 0.15) is 0 Å². The van der Waals surface area contributed by atoms with E-state index in [4.69, 9.17) is 4.74 Å². The fraction of sp³-hybridized carbons (Fsp3) is 0.316. The molecule has 0 saturated carbocycles. The first kappa shape index (κ1) is 16.5. The van der Waals surface area contributed by atoms with Crippen molar-refractivity contribution in [2.45, 2.75) is 32.0 Å². The van der Waals surface area contributed by atoms with E-state index >= 15 is 0 Å². The highest BCUT2D eigenvalue weighted by atomic mass is 16.5. The molecule has 0 radical (unpaired) electrons. The average Bonchev–Trinajstić information content (AvgIpc) is 3.35. The molecule has 2 aromatic heterocycles. The lowest BCUT2D eigenvalue weighted by atomic mass is 10.0. The number of carbonyl (C=O) groups is 1. The molecule has 1 aliphatic heterocycles. The first-order valence-corrected chi connectivity index (χ1v) is 8.76. The van der Waals surface area contributed by atoms with Crippen molar-refractivity contribution in [1.82, 2.24) is 25.1 Å². The third kappa shape index (κ3) is 3.52. The molecule has 0 aliphatic carbocycles. The monoisotopic (exact) mass is 351 g/mol. The van der Waals surface area contributed by atoms with Gasteiger partial charge >= 0.3 is 0 Å². The molecular formula is C19H21N5O2. The number of aryl methyl sites for hydroxylation is 1. The number of hydrogen-bond acceptors (Lipinski definition) is 4. The Morgan fingerprint density at radius 1 is 1.35 bits per heavy atom. The fourth-order valence-corrected chi connectivity index (χ4v) is 3.23. The van der Waals surface area contributed by atoms with Gasteiger partial charge in [-0.3, -0.25) is 9.89 Å². The molecule has 0 fully saturated rings. The Bertz CT molecular complexity index is 857. The van der Waals surface area contributed by atoms with Crippen LogP contribution in [0.25, 0.3) is 0 Å². The molecule has 4 rings (SSSR count). The number of hydrogen-bond donors (Lipinski definition) is 2. The van der Waals surface area contributed by atoms with Crippen LogP contribution in [0, 0.1) is 0 Å². The Morgan fingerprint density at radius 2 is 2.23 bits per heavy atom. The third-order valence-corrected chi connectivity index (χ3v) is 4.65. The smallest absolute Gasteiger partial charge is 0.272 e. The number of aromatic amines is 1. The number of carbonyl (C=O) groups excluding carboxylic acids is 1. The summed E-state index contributed by atoms with van der Waals surface area (Å²) in [5, 5.41) is 10.3. The van der Waals surface area contributed by atoms with Crippen LogP contribution in [-0.4, -0.2) is 32.3 Å². The highest BCUT2D eigenvalue weighted by Gasteiger charge is 2.24. The molecular weight excluding hydrogens is 330 g/mol. The summed E-state index contributed by atoms with van der Waals surface area (Å²) in [7, 11) is 0. The highest BCUT2D eigenvalue weighted by Crippen LogP contribution is 2.21. The van der Waals surface area contributed by atoms with Crippen LogP contribution in [-0.2, 0) is 24.3 Å². The number of imidazole rings is 1. The second-order valence-electron chi connectivity index (χ2n) is 6.36. The molecule has 7 heteroatoms. The Balaban J connectivity index is 1.52. The zero-order valence-corrected chi connectivity index (χ0v) is 14.4. The average molecular weight is 351 g/mol. The van der Waals surface area contributed by atoms with Gasteiger partial charge in [-0.2, -0.15) is 5.10 Å². The molecule has 1 aliphatic rings. The number of nitrogens with zero attached hydrogens (tertiary/aromatic N) is 3. The number of rotatable bonds is 6. The highest BCUT2D eigenvalue weighted by molar-refractivity contribution is 5.94.